The summed E-state index contributed by atoms with van der Waals surface area (Å²) in [4.78, 5) is 27.8. The average molecular weight is 318 g/mol. The largest absolute Gasteiger partial charge is 0.350 e. The lowest BCUT2D eigenvalue weighted by Gasteiger charge is -2.14. The van der Waals surface area contributed by atoms with Crippen LogP contribution in [0.3, 0.4) is 0 Å². The van der Waals surface area contributed by atoms with Gasteiger partial charge in [0, 0.05) is 12.7 Å². The maximum atomic E-state index is 12.0. The van der Waals surface area contributed by atoms with Crippen LogP contribution in [-0.4, -0.2) is 22.8 Å². The number of nitrogens with one attached hydrogen (secondary N) is 2. The smallest absolute Gasteiger partial charge is 0.253 e. The maximum Gasteiger partial charge on any atom is 0.253 e. The Labute approximate surface area is 133 Å². The third-order valence-corrected chi connectivity index (χ3v) is 3.26. The van der Waals surface area contributed by atoms with Gasteiger partial charge in [-0.05, 0) is 24.6 Å². The van der Waals surface area contributed by atoms with E-state index in [1.807, 2.05) is 30.3 Å². The zero-order valence-electron chi connectivity index (χ0n) is 12.0. The lowest BCUT2D eigenvalue weighted by Crippen LogP contribution is -2.44. The van der Waals surface area contributed by atoms with Gasteiger partial charge in [0.1, 0.15) is 11.2 Å². The molecule has 114 valence electrons. The summed E-state index contributed by atoms with van der Waals surface area (Å²) < 4.78 is 0. The number of pyridine rings is 1. The Morgan fingerprint density at radius 1 is 1.18 bits per heavy atom. The second kappa shape index (κ2) is 7.56. The van der Waals surface area contributed by atoms with E-state index in [0.717, 1.165) is 5.56 Å². The Bertz CT molecular complexity index is 644. The third-order valence-electron chi connectivity index (χ3n) is 3.04. The topological polar surface area (TPSA) is 71.1 Å². The molecule has 1 atom stereocenters. The minimum Gasteiger partial charge on any atom is -0.350 e. The fraction of sp³-hybridized carbons (Fsp3) is 0.188. The standard InChI is InChI=1S/C16H16ClN3O2/c1-11(15(21)19-9-12-5-3-2-4-6-12)20-16(22)13-7-8-14(17)18-10-13/h2-8,10-11H,9H2,1H3,(H,19,21)(H,20,22). The summed E-state index contributed by atoms with van der Waals surface area (Å²) in [5, 5.41) is 5.70. The van der Waals surface area contributed by atoms with Gasteiger partial charge in [0.15, 0.2) is 0 Å². The lowest BCUT2D eigenvalue weighted by molar-refractivity contribution is -0.122. The van der Waals surface area contributed by atoms with Crippen molar-refractivity contribution in [3.63, 3.8) is 0 Å². The average Bonchev–Trinajstić information content (AvgIpc) is 2.54. The Hall–Kier alpha value is -2.40. The van der Waals surface area contributed by atoms with Gasteiger partial charge in [0.2, 0.25) is 5.91 Å². The molecule has 2 amide bonds. The van der Waals surface area contributed by atoms with E-state index in [0.29, 0.717) is 17.3 Å². The molecule has 0 saturated carbocycles. The SMILES string of the molecule is CC(NC(=O)c1ccc(Cl)nc1)C(=O)NCc1ccccc1. The molecule has 0 aliphatic heterocycles. The van der Waals surface area contributed by atoms with Gasteiger partial charge in [-0.1, -0.05) is 41.9 Å². The minimum absolute atomic E-state index is 0.251. The quantitative estimate of drug-likeness (QED) is 0.830. The number of halogens is 1. The van der Waals surface area contributed by atoms with Crippen LogP contribution in [0.4, 0.5) is 0 Å². The van der Waals surface area contributed by atoms with E-state index in [2.05, 4.69) is 15.6 Å². The van der Waals surface area contributed by atoms with Crippen LogP contribution >= 0.6 is 11.6 Å². The molecule has 2 aromatic rings. The molecule has 2 N–H and O–H groups in total. The van der Waals surface area contributed by atoms with Gasteiger partial charge in [-0.15, -0.1) is 0 Å². The van der Waals surface area contributed by atoms with E-state index < -0.39 is 6.04 Å². The summed E-state index contributed by atoms with van der Waals surface area (Å²) in [6.07, 6.45) is 1.37. The van der Waals surface area contributed by atoms with E-state index in [1.54, 1.807) is 13.0 Å². The van der Waals surface area contributed by atoms with Crippen molar-refractivity contribution in [2.24, 2.45) is 0 Å². The first-order chi connectivity index (χ1) is 10.6. The van der Waals surface area contributed by atoms with Crippen molar-refractivity contribution in [1.29, 1.82) is 0 Å². The second-order valence-corrected chi connectivity index (χ2v) is 5.16. The molecular weight excluding hydrogens is 302 g/mol. The number of amides is 2. The molecule has 0 bridgehead atoms. The van der Waals surface area contributed by atoms with Crippen molar-refractivity contribution in [3.8, 4) is 0 Å². The van der Waals surface area contributed by atoms with E-state index in [1.165, 1.54) is 12.3 Å². The van der Waals surface area contributed by atoms with Crippen LogP contribution in [0.15, 0.2) is 48.7 Å². The highest BCUT2D eigenvalue weighted by atomic mass is 35.5. The van der Waals surface area contributed by atoms with Gasteiger partial charge >= 0.3 is 0 Å². The molecule has 22 heavy (non-hydrogen) atoms. The predicted octanol–water partition coefficient (Wildman–Crippen LogP) is 2.17. The van der Waals surface area contributed by atoms with Crippen molar-refractivity contribution in [1.82, 2.24) is 15.6 Å². The summed E-state index contributed by atoms with van der Waals surface area (Å²) in [6.45, 7) is 2.05. The summed E-state index contributed by atoms with van der Waals surface area (Å²) in [7, 11) is 0. The van der Waals surface area contributed by atoms with E-state index in [-0.39, 0.29) is 11.8 Å². The van der Waals surface area contributed by atoms with Gasteiger partial charge in [0.25, 0.3) is 5.91 Å². The fourth-order valence-electron chi connectivity index (χ4n) is 1.79. The highest BCUT2D eigenvalue weighted by molar-refractivity contribution is 6.29. The first kappa shape index (κ1) is 16.0. The molecule has 2 rings (SSSR count). The number of nitrogens with zero attached hydrogens (tertiary/aromatic N) is 1. The van der Waals surface area contributed by atoms with Crippen LogP contribution in [0.25, 0.3) is 0 Å². The van der Waals surface area contributed by atoms with E-state index in [4.69, 9.17) is 11.6 Å². The van der Waals surface area contributed by atoms with Crippen LogP contribution in [0.5, 0.6) is 0 Å². The molecule has 1 aromatic carbocycles. The molecule has 6 heteroatoms. The Morgan fingerprint density at radius 2 is 1.91 bits per heavy atom. The van der Waals surface area contributed by atoms with E-state index >= 15 is 0 Å². The lowest BCUT2D eigenvalue weighted by atomic mass is 10.2. The maximum absolute atomic E-state index is 12.0. The van der Waals surface area contributed by atoms with Crippen molar-refractivity contribution < 1.29 is 9.59 Å². The number of rotatable bonds is 5. The molecule has 1 unspecified atom stereocenters. The first-order valence-corrected chi connectivity index (χ1v) is 7.18. The zero-order chi connectivity index (χ0) is 15.9. The van der Waals surface area contributed by atoms with Crippen LogP contribution in [0.1, 0.15) is 22.8 Å². The normalized spacial score (nSPS) is 11.5. The van der Waals surface area contributed by atoms with Crippen LogP contribution < -0.4 is 10.6 Å². The summed E-state index contributed by atoms with van der Waals surface area (Å²) >= 11 is 5.67. The molecule has 1 heterocycles. The fourth-order valence-corrected chi connectivity index (χ4v) is 1.91. The van der Waals surface area contributed by atoms with E-state index in [9.17, 15) is 9.59 Å². The summed E-state index contributed by atoms with van der Waals surface area (Å²) in [5.74, 6) is -0.620. The summed E-state index contributed by atoms with van der Waals surface area (Å²) in [6, 6.07) is 12.0. The van der Waals surface area contributed by atoms with Gasteiger partial charge in [-0.3, -0.25) is 9.59 Å². The molecular formula is C16H16ClN3O2. The Balaban J connectivity index is 1.85. The minimum atomic E-state index is -0.646. The Morgan fingerprint density at radius 3 is 2.55 bits per heavy atom. The molecule has 0 spiro atoms. The molecule has 0 radical (unpaired) electrons. The van der Waals surface area contributed by atoms with Crippen LogP contribution in [-0.2, 0) is 11.3 Å². The second-order valence-electron chi connectivity index (χ2n) is 4.77. The van der Waals surface area contributed by atoms with Crippen LogP contribution in [0, 0.1) is 0 Å². The number of hydrogen-bond acceptors (Lipinski definition) is 3. The third kappa shape index (κ3) is 4.56. The number of benzene rings is 1. The van der Waals surface area contributed by atoms with Crippen molar-refractivity contribution >= 4 is 23.4 Å². The van der Waals surface area contributed by atoms with Crippen molar-refractivity contribution in [3.05, 3.63) is 64.9 Å². The number of carbonyl (C=O) groups excluding carboxylic acids is 2. The summed E-state index contributed by atoms with van der Waals surface area (Å²) in [5.41, 5.74) is 1.35. The van der Waals surface area contributed by atoms with Gasteiger partial charge in [0.05, 0.1) is 5.56 Å². The first-order valence-electron chi connectivity index (χ1n) is 6.80. The van der Waals surface area contributed by atoms with Crippen molar-refractivity contribution in [2.45, 2.75) is 19.5 Å². The van der Waals surface area contributed by atoms with Crippen LogP contribution in [0.2, 0.25) is 5.15 Å². The predicted molar refractivity (Wildman–Crippen MR) is 84.5 cm³/mol. The Kier molecular flexibility index (Phi) is 5.49. The molecule has 0 fully saturated rings. The molecule has 5 nitrogen and oxygen atoms in total. The molecule has 1 aromatic heterocycles. The molecule has 0 aliphatic rings. The van der Waals surface area contributed by atoms with Gasteiger partial charge in [-0.25, -0.2) is 4.98 Å². The highest BCUT2D eigenvalue weighted by Gasteiger charge is 2.16. The molecule has 0 saturated heterocycles. The molecule has 0 aliphatic carbocycles. The highest BCUT2D eigenvalue weighted by Crippen LogP contribution is 2.05. The van der Waals surface area contributed by atoms with Gasteiger partial charge in [-0.2, -0.15) is 0 Å². The number of hydrogen-bond donors (Lipinski definition) is 2. The number of aromatic nitrogens is 1. The monoisotopic (exact) mass is 317 g/mol. The van der Waals surface area contributed by atoms with Gasteiger partial charge < -0.3 is 10.6 Å². The number of carbonyl (C=O) groups is 2. The van der Waals surface area contributed by atoms with Crippen molar-refractivity contribution in [2.75, 3.05) is 0 Å². The zero-order valence-corrected chi connectivity index (χ0v) is 12.8.